The van der Waals surface area contributed by atoms with Crippen LogP contribution in [0.5, 0.6) is 0 Å². The van der Waals surface area contributed by atoms with Crippen LogP contribution in [0.1, 0.15) is 23.7 Å². The van der Waals surface area contributed by atoms with E-state index in [1.165, 1.54) is 6.07 Å². The van der Waals surface area contributed by atoms with E-state index in [0.717, 1.165) is 19.1 Å². The Morgan fingerprint density at radius 2 is 2.40 bits per heavy atom. The van der Waals surface area contributed by atoms with E-state index in [1.54, 1.807) is 6.92 Å². The Morgan fingerprint density at radius 3 is 3.05 bits per heavy atom. The molecule has 0 amide bonds. The number of ether oxygens (including phenoxy) is 2. The maximum atomic E-state index is 13.8. The van der Waals surface area contributed by atoms with Crippen molar-refractivity contribution in [2.24, 2.45) is 5.92 Å². The number of carbonyl (C=O) groups excluding carboxylic acids is 1. The van der Waals surface area contributed by atoms with Gasteiger partial charge in [-0.1, -0.05) is 0 Å². The van der Waals surface area contributed by atoms with E-state index in [0.29, 0.717) is 19.1 Å². The fraction of sp³-hybridized carbons (Fsp3) is 0.500. The topological polar surface area (TPSA) is 73.6 Å². The van der Waals surface area contributed by atoms with Crippen molar-refractivity contribution in [1.82, 2.24) is 0 Å². The van der Waals surface area contributed by atoms with Crippen LogP contribution in [-0.2, 0) is 9.47 Å². The lowest BCUT2D eigenvalue weighted by atomic mass is 10.1. The van der Waals surface area contributed by atoms with Gasteiger partial charge in [-0.05, 0) is 25.5 Å². The Labute approximate surface area is 117 Å². The van der Waals surface area contributed by atoms with Gasteiger partial charge in [0.05, 0.1) is 24.5 Å². The predicted octanol–water partition coefficient (Wildman–Crippen LogP) is 2.03. The van der Waals surface area contributed by atoms with Gasteiger partial charge < -0.3 is 20.5 Å². The van der Waals surface area contributed by atoms with E-state index >= 15 is 0 Å². The average molecular weight is 282 g/mol. The summed E-state index contributed by atoms with van der Waals surface area (Å²) in [6.45, 7) is 3.97. The molecular formula is C14H19FN2O3. The summed E-state index contributed by atoms with van der Waals surface area (Å²) in [4.78, 5) is 11.7. The Bertz CT molecular complexity index is 488. The first-order chi connectivity index (χ1) is 9.61. The summed E-state index contributed by atoms with van der Waals surface area (Å²) in [5.41, 5.74) is 6.17. The molecule has 6 heteroatoms. The Kier molecular flexibility index (Phi) is 4.79. The van der Waals surface area contributed by atoms with E-state index in [2.05, 4.69) is 5.32 Å². The minimum Gasteiger partial charge on any atom is -0.462 e. The van der Waals surface area contributed by atoms with Gasteiger partial charge in [-0.25, -0.2) is 9.18 Å². The summed E-state index contributed by atoms with van der Waals surface area (Å²) >= 11 is 0. The summed E-state index contributed by atoms with van der Waals surface area (Å²) in [5, 5.41) is 3.00. The highest BCUT2D eigenvalue weighted by Gasteiger charge is 2.18. The van der Waals surface area contributed by atoms with Crippen LogP contribution < -0.4 is 11.1 Å². The van der Waals surface area contributed by atoms with Gasteiger partial charge in [0.1, 0.15) is 5.82 Å². The standard InChI is InChI=1S/C14H19FN2O3/c1-2-20-14(18)10-5-13(11(15)6-12(10)16)17-7-9-3-4-19-8-9/h5-6,9,17H,2-4,7-8,16H2,1H3. The van der Waals surface area contributed by atoms with Crippen LogP contribution in [0, 0.1) is 11.7 Å². The lowest BCUT2D eigenvalue weighted by Gasteiger charge is -2.13. The molecule has 1 fully saturated rings. The van der Waals surface area contributed by atoms with Crippen molar-refractivity contribution in [2.45, 2.75) is 13.3 Å². The summed E-state index contributed by atoms with van der Waals surface area (Å²) in [5.74, 6) is -0.662. The van der Waals surface area contributed by atoms with Gasteiger partial charge in [-0.15, -0.1) is 0 Å². The van der Waals surface area contributed by atoms with Gasteiger partial charge in [-0.3, -0.25) is 0 Å². The van der Waals surface area contributed by atoms with E-state index in [9.17, 15) is 9.18 Å². The molecule has 0 radical (unpaired) electrons. The number of hydrogen-bond acceptors (Lipinski definition) is 5. The van der Waals surface area contributed by atoms with Crippen LogP contribution in [0.15, 0.2) is 12.1 Å². The molecule has 1 aromatic rings. The molecule has 2 rings (SSSR count). The highest BCUT2D eigenvalue weighted by Crippen LogP contribution is 2.24. The molecule has 3 N–H and O–H groups in total. The van der Waals surface area contributed by atoms with Crippen molar-refractivity contribution in [2.75, 3.05) is 37.4 Å². The summed E-state index contributed by atoms with van der Waals surface area (Å²) in [7, 11) is 0. The zero-order valence-electron chi connectivity index (χ0n) is 11.4. The summed E-state index contributed by atoms with van der Waals surface area (Å²) in [6.07, 6.45) is 0.953. The predicted molar refractivity (Wildman–Crippen MR) is 74.2 cm³/mol. The third kappa shape index (κ3) is 3.39. The largest absolute Gasteiger partial charge is 0.462 e. The number of anilines is 2. The second-order valence-electron chi connectivity index (χ2n) is 4.75. The molecular weight excluding hydrogens is 263 g/mol. The van der Waals surface area contributed by atoms with Gasteiger partial charge in [0, 0.05) is 24.8 Å². The number of esters is 1. The Hall–Kier alpha value is -1.82. The van der Waals surface area contributed by atoms with E-state index in [4.69, 9.17) is 15.2 Å². The zero-order chi connectivity index (χ0) is 14.5. The lowest BCUT2D eigenvalue weighted by Crippen LogP contribution is -2.16. The highest BCUT2D eigenvalue weighted by atomic mass is 19.1. The van der Waals surface area contributed by atoms with E-state index < -0.39 is 11.8 Å². The number of nitrogens with one attached hydrogen (secondary N) is 1. The van der Waals surface area contributed by atoms with Crippen LogP contribution in [0.25, 0.3) is 0 Å². The molecule has 0 saturated carbocycles. The number of nitrogen functional groups attached to an aromatic ring is 1. The molecule has 1 aromatic carbocycles. The van der Waals surface area contributed by atoms with Gasteiger partial charge in [-0.2, -0.15) is 0 Å². The van der Waals surface area contributed by atoms with Gasteiger partial charge in [0.2, 0.25) is 0 Å². The molecule has 110 valence electrons. The molecule has 1 saturated heterocycles. The average Bonchev–Trinajstić information content (AvgIpc) is 2.91. The Balaban J connectivity index is 2.10. The van der Waals surface area contributed by atoms with Gasteiger partial charge >= 0.3 is 5.97 Å². The minimum absolute atomic E-state index is 0.0794. The second kappa shape index (κ2) is 6.56. The monoisotopic (exact) mass is 282 g/mol. The van der Waals surface area contributed by atoms with Gasteiger partial charge in [0.25, 0.3) is 0 Å². The molecule has 5 nitrogen and oxygen atoms in total. The van der Waals surface area contributed by atoms with Crippen molar-refractivity contribution >= 4 is 17.3 Å². The quantitative estimate of drug-likeness (QED) is 0.638. The normalized spacial score (nSPS) is 18.0. The first-order valence-electron chi connectivity index (χ1n) is 6.69. The molecule has 0 aliphatic carbocycles. The molecule has 1 unspecified atom stereocenters. The summed E-state index contributed by atoms with van der Waals surface area (Å²) in [6, 6.07) is 2.54. The van der Waals surface area contributed by atoms with Gasteiger partial charge in [0.15, 0.2) is 0 Å². The second-order valence-corrected chi connectivity index (χ2v) is 4.75. The number of hydrogen-bond donors (Lipinski definition) is 2. The molecule has 20 heavy (non-hydrogen) atoms. The van der Waals surface area contributed by atoms with Crippen LogP contribution in [-0.4, -0.2) is 32.3 Å². The van der Waals surface area contributed by atoms with Crippen molar-refractivity contribution in [3.8, 4) is 0 Å². The molecule has 0 spiro atoms. The minimum atomic E-state index is -0.544. The maximum Gasteiger partial charge on any atom is 0.340 e. The molecule has 1 aliphatic rings. The SMILES string of the molecule is CCOC(=O)c1cc(NCC2CCOC2)c(F)cc1N. The zero-order valence-corrected chi connectivity index (χ0v) is 11.4. The number of carbonyl (C=O) groups is 1. The maximum absolute atomic E-state index is 13.8. The smallest absolute Gasteiger partial charge is 0.340 e. The van der Waals surface area contributed by atoms with E-state index in [1.807, 2.05) is 0 Å². The van der Waals surface area contributed by atoms with Crippen molar-refractivity contribution in [3.63, 3.8) is 0 Å². The van der Waals surface area contributed by atoms with Crippen LogP contribution in [0.3, 0.4) is 0 Å². The molecule has 0 bridgehead atoms. The molecule has 0 aromatic heterocycles. The molecule has 1 heterocycles. The molecule has 1 atom stereocenters. The number of benzene rings is 1. The first-order valence-corrected chi connectivity index (χ1v) is 6.69. The fourth-order valence-electron chi connectivity index (χ4n) is 2.11. The van der Waals surface area contributed by atoms with Crippen LogP contribution in [0.4, 0.5) is 15.8 Å². The van der Waals surface area contributed by atoms with Crippen molar-refractivity contribution in [1.29, 1.82) is 0 Å². The van der Waals surface area contributed by atoms with Crippen molar-refractivity contribution < 1.29 is 18.7 Å². The Morgan fingerprint density at radius 1 is 1.60 bits per heavy atom. The lowest BCUT2D eigenvalue weighted by molar-refractivity contribution is 0.0527. The highest BCUT2D eigenvalue weighted by molar-refractivity contribution is 5.96. The first kappa shape index (κ1) is 14.6. The van der Waals surface area contributed by atoms with Crippen LogP contribution in [0.2, 0.25) is 0 Å². The molecule has 1 aliphatic heterocycles. The third-order valence-electron chi connectivity index (χ3n) is 3.24. The number of rotatable bonds is 5. The number of nitrogens with two attached hydrogens (primary N) is 1. The fourth-order valence-corrected chi connectivity index (χ4v) is 2.11. The van der Waals surface area contributed by atoms with Crippen LogP contribution >= 0.6 is 0 Å². The number of halogens is 1. The van der Waals surface area contributed by atoms with E-state index in [-0.39, 0.29) is 23.5 Å². The van der Waals surface area contributed by atoms with Crippen molar-refractivity contribution in [3.05, 3.63) is 23.5 Å². The summed E-state index contributed by atoms with van der Waals surface area (Å²) < 4.78 is 24.0. The third-order valence-corrected chi connectivity index (χ3v) is 3.24.